The molecule has 1 aromatic heterocycles. The molecule has 0 aliphatic carbocycles. The van der Waals surface area contributed by atoms with Gasteiger partial charge in [-0.15, -0.1) is 0 Å². The Kier molecular flexibility index (Phi) is 4.09. The van der Waals surface area contributed by atoms with Gasteiger partial charge in [-0.25, -0.2) is 4.79 Å². The molecule has 0 radical (unpaired) electrons. The molecule has 3 heterocycles. The molecular formula is C15H23N5O3. The number of urea groups is 1. The van der Waals surface area contributed by atoms with Gasteiger partial charge in [-0.2, -0.15) is 4.98 Å². The number of likely N-dealkylation sites (tertiary alicyclic amines) is 1. The van der Waals surface area contributed by atoms with Crippen molar-refractivity contribution < 1.29 is 14.1 Å². The number of piperidine rings is 1. The number of hydrogen-bond acceptors (Lipinski definition) is 6. The fourth-order valence-electron chi connectivity index (χ4n) is 3.27. The van der Waals surface area contributed by atoms with E-state index in [0.717, 1.165) is 19.4 Å². The molecule has 2 aliphatic heterocycles. The van der Waals surface area contributed by atoms with Gasteiger partial charge in [0.1, 0.15) is 5.54 Å². The molecule has 2 saturated heterocycles. The molecule has 0 spiro atoms. The smallest absolute Gasteiger partial charge is 0.322 e. The maximum atomic E-state index is 12.1. The Morgan fingerprint density at radius 1 is 1.43 bits per heavy atom. The van der Waals surface area contributed by atoms with E-state index in [1.165, 1.54) is 0 Å². The summed E-state index contributed by atoms with van der Waals surface area (Å²) in [6.45, 7) is 8.04. The predicted molar refractivity (Wildman–Crippen MR) is 81.5 cm³/mol. The summed E-state index contributed by atoms with van der Waals surface area (Å²) in [5.74, 6) is 1.37. The highest BCUT2D eigenvalue weighted by molar-refractivity contribution is 6.06. The van der Waals surface area contributed by atoms with E-state index in [2.05, 4.69) is 25.7 Å². The number of rotatable bonds is 4. The van der Waals surface area contributed by atoms with Gasteiger partial charge in [-0.1, -0.05) is 19.0 Å². The van der Waals surface area contributed by atoms with Crippen molar-refractivity contribution in [2.75, 3.05) is 13.1 Å². The number of hydrogen-bond donors (Lipinski definition) is 2. The molecule has 2 fully saturated rings. The monoisotopic (exact) mass is 321 g/mol. The van der Waals surface area contributed by atoms with Crippen LogP contribution < -0.4 is 10.6 Å². The number of nitrogens with zero attached hydrogens (tertiary/aromatic N) is 3. The van der Waals surface area contributed by atoms with Crippen LogP contribution in [-0.2, 0) is 11.3 Å². The first-order valence-corrected chi connectivity index (χ1v) is 8.07. The zero-order valence-corrected chi connectivity index (χ0v) is 13.8. The fourth-order valence-corrected chi connectivity index (χ4v) is 3.27. The van der Waals surface area contributed by atoms with E-state index in [4.69, 9.17) is 4.52 Å². The molecule has 0 bridgehead atoms. The minimum Gasteiger partial charge on any atom is -0.338 e. The summed E-state index contributed by atoms with van der Waals surface area (Å²) < 4.78 is 5.30. The van der Waals surface area contributed by atoms with Crippen LogP contribution >= 0.6 is 0 Å². The highest BCUT2D eigenvalue weighted by Crippen LogP contribution is 2.30. The van der Waals surface area contributed by atoms with Crippen molar-refractivity contribution in [3.63, 3.8) is 0 Å². The summed E-state index contributed by atoms with van der Waals surface area (Å²) in [4.78, 5) is 30.2. The van der Waals surface area contributed by atoms with Crippen LogP contribution in [0.2, 0.25) is 0 Å². The van der Waals surface area contributed by atoms with E-state index in [-0.39, 0.29) is 17.7 Å². The molecular weight excluding hydrogens is 298 g/mol. The molecule has 0 unspecified atom stereocenters. The van der Waals surface area contributed by atoms with Crippen LogP contribution in [0.5, 0.6) is 0 Å². The fraction of sp³-hybridized carbons (Fsp3) is 0.733. The van der Waals surface area contributed by atoms with Gasteiger partial charge in [-0.05, 0) is 26.3 Å². The Bertz CT molecular complexity index is 614. The Hall–Kier alpha value is -1.96. The molecule has 126 valence electrons. The molecule has 8 heteroatoms. The lowest BCUT2D eigenvalue weighted by Crippen LogP contribution is -2.55. The van der Waals surface area contributed by atoms with E-state index in [1.807, 2.05) is 13.8 Å². The van der Waals surface area contributed by atoms with E-state index in [9.17, 15) is 9.59 Å². The van der Waals surface area contributed by atoms with Crippen molar-refractivity contribution in [2.24, 2.45) is 5.92 Å². The van der Waals surface area contributed by atoms with Gasteiger partial charge in [-0.3, -0.25) is 15.0 Å². The molecule has 8 nitrogen and oxygen atoms in total. The Labute approximate surface area is 135 Å². The van der Waals surface area contributed by atoms with Crippen LogP contribution in [0.15, 0.2) is 4.52 Å². The first-order valence-electron chi connectivity index (χ1n) is 8.07. The molecule has 0 saturated carbocycles. The SMILES string of the molecule is CC(C)c1noc(CN2CCC[C@H]([C@@]3(C)NC(=O)NC3=O)C2)n1. The van der Waals surface area contributed by atoms with Crippen molar-refractivity contribution in [3.05, 3.63) is 11.7 Å². The van der Waals surface area contributed by atoms with Crippen LogP contribution in [0, 0.1) is 5.92 Å². The van der Waals surface area contributed by atoms with Gasteiger partial charge in [0, 0.05) is 18.4 Å². The molecule has 0 aromatic carbocycles. The summed E-state index contributed by atoms with van der Waals surface area (Å²) >= 11 is 0. The van der Waals surface area contributed by atoms with E-state index in [1.54, 1.807) is 6.92 Å². The lowest BCUT2D eigenvalue weighted by atomic mass is 9.80. The summed E-state index contributed by atoms with van der Waals surface area (Å²) in [5.41, 5.74) is -0.840. The van der Waals surface area contributed by atoms with Crippen LogP contribution in [0.4, 0.5) is 4.79 Å². The third-order valence-electron chi connectivity index (χ3n) is 4.75. The quantitative estimate of drug-likeness (QED) is 0.803. The lowest BCUT2D eigenvalue weighted by molar-refractivity contribution is -0.126. The van der Waals surface area contributed by atoms with Gasteiger partial charge in [0.05, 0.1) is 6.54 Å². The summed E-state index contributed by atoms with van der Waals surface area (Å²) in [5, 5.41) is 9.09. The highest BCUT2D eigenvalue weighted by atomic mass is 16.5. The average Bonchev–Trinajstić information content (AvgIpc) is 3.05. The highest BCUT2D eigenvalue weighted by Gasteiger charge is 2.48. The Morgan fingerprint density at radius 3 is 2.83 bits per heavy atom. The first-order chi connectivity index (χ1) is 10.9. The van der Waals surface area contributed by atoms with Crippen molar-refractivity contribution >= 4 is 11.9 Å². The molecule has 2 aliphatic rings. The third kappa shape index (κ3) is 3.08. The maximum Gasteiger partial charge on any atom is 0.322 e. The Morgan fingerprint density at radius 2 is 2.22 bits per heavy atom. The van der Waals surface area contributed by atoms with Gasteiger partial charge in [0.25, 0.3) is 5.91 Å². The molecule has 23 heavy (non-hydrogen) atoms. The van der Waals surface area contributed by atoms with Crippen molar-refractivity contribution in [1.29, 1.82) is 0 Å². The van der Waals surface area contributed by atoms with Crippen LogP contribution in [0.3, 0.4) is 0 Å². The second-order valence-corrected chi connectivity index (χ2v) is 6.89. The van der Waals surface area contributed by atoms with Gasteiger partial charge in [0.2, 0.25) is 5.89 Å². The topological polar surface area (TPSA) is 100 Å². The van der Waals surface area contributed by atoms with Crippen LogP contribution in [0.1, 0.15) is 51.2 Å². The lowest BCUT2D eigenvalue weighted by Gasteiger charge is -2.39. The molecule has 2 atom stereocenters. The predicted octanol–water partition coefficient (Wildman–Crippen LogP) is 1.00. The summed E-state index contributed by atoms with van der Waals surface area (Å²) in [6, 6.07) is -0.409. The van der Waals surface area contributed by atoms with Crippen molar-refractivity contribution in [3.8, 4) is 0 Å². The van der Waals surface area contributed by atoms with E-state index < -0.39 is 11.6 Å². The third-order valence-corrected chi connectivity index (χ3v) is 4.75. The van der Waals surface area contributed by atoms with Crippen LogP contribution in [-0.4, -0.2) is 45.6 Å². The number of aromatic nitrogens is 2. The first kappa shape index (κ1) is 15.9. The molecule has 2 N–H and O–H groups in total. The average molecular weight is 321 g/mol. The minimum atomic E-state index is -0.840. The molecule has 3 rings (SSSR count). The van der Waals surface area contributed by atoms with Crippen molar-refractivity contribution in [2.45, 2.75) is 51.6 Å². The number of amides is 3. The Balaban J connectivity index is 1.66. The molecule has 3 amide bonds. The van der Waals surface area contributed by atoms with Crippen molar-refractivity contribution in [1.82, 2.24) is 25.7 Å². The summed E-state index contributed by atoms with van der Waals surface area (Å²) in [6.07, 6.45) is 1.87. The van der Waals surface area contributed by atoms with Gasteiger partial charge >= 0.3 is 6.03 Å². The van der Waals surface area contributed by atoms with E-state index in [0.29, 0.717) is 24.8 Å². The van der Waals surface area contributed by atoms with Gasteiger partial charge in [0.15, 0.2) is 5.82 Å². The second kappa shape index (κ2) is 5.92. The second-order valence-electron chi connectivity index (χ2n) is 6.89. The largest absolute Gasteiger partial charge is 0.338 e. The number of carbonyl (C=O) groups excluding carboxylic acids is 2. The number of nitrogens with one attached hydrogen (secondary N) is 2. The zero-order valence-electron chi connectivity index (χ0n) is 13.8. The zero-order chi connectivity index (χ0) is 16.6. The molecule has 1 aromatic rings. The number of carbonyl (C=O) groups is 2. The normalized spacial score (nSPS) is 29.0. The van der Waals surface area contributed by atoms with Crippen LogP contribution in [0.25, 0.3) is 0 Å². The maximum absolute atomic E-state index is 12.1. The van der Waals surface area contributed by atoms with E-state index >= 15 is 0 Å². The minimum absolute atomic E-state index is 0.0650. The standard InChI is InChI=1S/C15H23N5O3/c1-9(2)12-16-11(23-19-12)8-20-6-4-5-10(7-20)15(3)13(21)17-14(22)18-15/h9-10H,4-8H2,1-3H3,(H2,17,18,21,22)/t10-,15+/m0/s1. The van der Waals surface area contributed by atoms with Gasteiger partial charge < -0.3 is 9.84 Å². The number of imide groups is 1. The summed E-state index contributed by atoms with van der Waals surface area (Å²) in [7, 11) is 0.